The number of carbonyl (C=O) groups excluding carboxylic acids is 3. The van der Waals surface area contributed by atoms with Crippen molar-refractivity contribution in [1.82, 2.24) is 4.90 Å². The number of hydrogen-bond acceptors (Lipinski definition) is 5. The Morgan fingerprint density at radius 3 is 2.48 bits per heavy atom. The molecule has 3 aliphatic rings. The van der Waals surface area contributed by atoms with Gasteiger partial charge in [-0.1, -0.05) is 12.2 Å². The Labute approximate surface area is 144 Å². The molecule has 0 bridgehead atoms. The van der Waals surface area contributed by atoms with Gasteiger partial charge in [0, 0.05) is 24.7 Å². The maximum atomic E-state index is 12.4. The van der Waals surface area contributed by atoms with Gasteiger partial charge in [-0.25, -0.2) is 0 Å². The van der Waals surface area contributed by atoms with Crippen LogP contribution in [0.3, 0.4) is 0 Å². The van der Waals surface area contributed by atoms with Crippen LogP contribution in [0.15, 0.2) is 30.4 Å². The van der Waals surface area contributed by atoms with E-state index in [2.05, 4.69) is 5.32 Å². The molecular formula is C18H18N2O5. The van der Waals surface area contributed by atoms with Gasteiger partial charge < -0.3 is 14.8 Å². The van der Waals surface area contributed by atoms with E-state index >= 15 is 0 Å². The fourth-order valence-electron chi connectivity index (χ4n) is 3.50. The predicted molar refractivity (Wildman–Crippen MR) is 87.9 cm³/mol. The smallest absolute Gasteiger partial charge is 0.233 e. The van der Waals surface area contributed by atoms with Crippen molar-refractivity contribution in [3.05, 3.63) is 30.4 Å². The van der Waals surface area contributed by atoms with E-state index in [1.807, 2.05) is 12.2 Å². The number of imide groups is 1. The fourth-order valence-corrected chi connectivity index (χ4v) is 3.50. The van der Waals surface area contributed by atoms with Crippen LogP contribution in [-0.4, -0.2) is 36.0 Å². The highest BCUT2D eigenvalue weighted by atomic mass is 16.7. The number of anilines is 1. The van der Waals surface area contributed by atoms with Crippen molar-refractivity contribution in [3.63, 3.8) is 0 Å². The predicted octanol–water partition coefficient (Wildman–Crippen LogP) is 1.70. The molecule has 7 heteroatoms. The van der Waals surface area contributed by atoms with Crippen LogP contribution in [-0.2, 0) is 14.4 Å². The number of nitrogens with one attached hydrogen (secondary N) is 1. The molecule has 0 aromatic heterocycles. The zero-order valence-electron chi connectivity index (χ0n) is 13.6. The zero-order chi connectivity index (χ0) is 17.4. The molecule has 25 heavy (non-hydrogen) atoms. The Morgan fingerprint density at radius 2 is 1.76 bits per heavy atom. The number of fused-ring (bicyclic) bond motifs is 2. The average Bonchev–Trinajstić information content (AvgIpc) is 3.17. The summed E-state index contributed by atoms with van der Waals surface area (Å²) in [5.41, 5.74) is 0.589. The zero-order valence-corrected chi connectivity index (χ0v) is 13.6. The summed E-state index contributed by atoms with van der Waals surface area (Å²) in [6.07, 6.45) is 5.17. The van der Waals surface area contributed by atoms with Gasteiger partial charge in [0.2, 0.25) is 24.5 Å². The minimum atomic E-state index is -0.257. The quantitative estimate of drug-likeness (QED) is 0.665. The van der Waals surface area contributed by atoms with Crippen molar-refractivity contribution in [1.29, 1.82) is 0 Å². The molecule has 0 saturated carbocycles. The van der Waals surface area contributed by atoms with Crippen molar-refractivity contribution in [3.8, 4) is 11.5 Å². The molecule has 3 amide bonds. The van der Waals surface area contributed by atoms with Crippen LogP contribution in [0.1, 0.15) is 19.3 Å². The number of carbonyl (C=O) groups is 3. The van der Waals surface area contributed by atoms with Gasteiger partial charge in [0.15, 0.2) is 11.5 Å². The van der Waals surface area contributed by atoms with E-state index in [4.69, 9.17) is 9.47 Å². The van der Waals surface area contributed by atoms with Crippen LogP contribution in [0.25, 0.3) is 0 Å². The monoisotopic (exact) mass is 342 g/mol. The molecule has 1 aromatic rings. The summed E-state index contributed by atoms with van der Waals surface area (Å²) < 4.78 is 10.5. The first-order valence-electron chi connectivity index (χ1n) is 8.33. The molecule has 2 atom stereocenters. The lowest BCUT2D eigenvalue weighted by Crippen LogP contribution is -2.34. The summed E-state index contributed by atoms with van der Waals surface area (Å²) in [6.45, 7) is 0.282. The Balaban J connectivity index is 1.34. The summed E-state index contributed by atoms with van der Waals surface area (Å²) in [4.78, 5) is 38.1. The Hall–Kier alpha value is -2.83. The van der Waals surface area contributed by atoms with E-state index in [-0.39, 0.29) is 49.3 Å². The first-order chi connectivity index (χ1) is 12.1. The van der Waals surface area contributed by atoms with Gasteiger partial charge in [-0.05, 0) is 25.0 Å². The largest absolute Gasteiger partial charge is 0.454 e. The summed E-state index contributed by atoms with van der Waals surface area (Å²) in [5.74, 6) is 0.142. The van der Waals surface area contributed by atoms with Crippen molar-refractivity contribution >= 4 is 23.4 Å². The van der Waals surface area contributed by atoms with Gasteiger partial charge in [0.05, 0.1) is 11.8 Å². The molecule has 1 aromatic carbocycles. The average molecular weight is 342 g/mol. The molecule has 1 aliphatic carbocycles. The molecule has 2 aliphatic heterocycles. The molecule has 2 heterocycles. The van der Waals surface area contributed by atoms with E-state index in [1.165, 1.54) is 4.90 Å². The highest BCUT2D eigenvalue weighted by molar-refractivity contribution is 6.05. The third-order valence-corrected chi connectivity index (χ3v) is 4.82. The van der Waals surface area contributed by atoms with Gasteiger partial charge in [0.1, 0.15) is 0 Å². The number of hydrogen-bond donors (Lipinski definition) is 1. The van der Waals surface area contributed by atoms with Crippen LogP contribution in [0.4, 0.5) is 5.69 Å². The van der Waals surface area contributed by atoms with Crippen LogP contribution >= 0.6 is 0 Å². The van der Waals surface area contributed by atoms with Crippen LogP contribution in [0.2, 0.25) is 0 Å². The number of ether oxygens (including phenoxy) is 2. The lowest BCUT2D eigenvalue weighted by molar-refractivity contribution is -0.140. The van der Waals surface area contributed by atoms with Crippen molar-refractivity contribution in [2.45, 2.75) is 19.3 Å². The fraction of sp³-hybridized carbons (Fsp3) is 0.389. The Kier molecular flexibility index (Phi) is 3.91. The normalized spacial score (nSPS) is 23.8. The second-order valence-corrected chi connectivity index (χ2v) is 6.35. The number of nitrogens with zero attached hydrogens (tertiary/aromatic N) is 1. The first kappa shape index (κ1) is 15.7. The van der Waals surface area contributed by atoms with Gasteiger partial charge in [-0.15, -0.1) is 0 Å². The lowest BCUT2D eigenvalue weighted by atomic mass is 9.85. The van der Waals surface area contributed by atoms with Gasteiger partial charge >= 0.3 is 0 Å². The van der Waals surface area contributed by atoms with Crippen molar-refractivity contribution < 1.29 is 23.9 Å². The number of amides is 3. The van der Waals surface area contributed by atoms with Gasteiger partial charge in [0.25, 0.3) is 0 Å². The lowest BCUT2D eigenvalue weighted by Gasteiger charge is -2.14. The number of benzene rings is 1. The van der Waals surface area contributed by atoms with E-state index in [0.29, 0.717) is 30.0 Å². The van der Waals surface area contributed by atoms with Crippen molar-refractivity contribution in [2.75, 3.05) is 18.7 Å². The number of likely N-dealkylation sites (tertiary alicyclic amines) is 1. The van der Waals surface area contributed by atoms with E-state index in [1.54, 1.807) is 18.2 Å². The summed E-state index contributed by atoms with van der Waals surface area (Å²) in [5, 5.41) is 2.75. The second kappa shape index (κ2) is 6.23. The van der Waals surface area contributed by atoms with Crippen molar-refractivity contribution in [2.24, 2.45) is 11.8 Å². The van der Waals surface area contributed by atoms with E-state index in [9.17, 15) is 14.4 Å². The summed E-state index contributed by atoms with van der Waals surface area (Å²) >= 11 is 0. The van der Waals surface area contributed by atoms with Gasteiger partial charge in [-0.2, -0.15) is 0 Å². The molecule has 0 unspecified atom stereocenters. The molecule has 4 rings (SSSR count). The molecule has 7 nitrogen and oxygen atoms in total. The first-order valence-corrected chi connectivity index (χ1v) is 8.33. The molecule has 0 radical (unpaired) electrons. The van der Waals surface area contributed by atoms with Crippen LogP contribution in [0, 0.1) is 11.8 Å². The van der Waals surface area contributed by atoms with E-state index < -0.39 is 0 Å². The molecule has 1 fully saturated rings. The maximum absolute atomic E-state index is 12.4. The molecule has 130 valence electrons. The van der Waals surface area contributed by atoms with Crippen LogP contribution < -0.4 is 14.8 Å². The minimum Gasteiger partial charge on any atom is -0.454 e. The second-order valence-electron chi connectivity index (χ2n) is 6.35. The molecule has 1 saturated heterocycles. The molecular weight excluding hydrogens is 324 g/mol. The number of allylic oxidation sites excluding steroid dienone is 2. The Bertz CT molecular complexity index is 747. The SMILES string of the molecule is O=C(CCN1C(=O)[C@H]2CC=CC[C@H]2C1=O)Nc1ccc2c(c1)OCO2. The standard InChI is InChI=1S/C18H18N2O5/c21-16(19-11-5-6-14-15(9-11)25-10-24-14)7-8-20-17(22)12-3-1-2-4-13(12)18(20)23/h1-2,5-6,9,12-13H,3-4,7-8,10H2,(H,19,21)/t12-,13+. The molecule has 1 N–H and O–H groups in total. The Morgan fingerprint density at radius 1 is 1.08 bits per heavy atom. The summed E-state index contributed by atoms with van der Waals surface area (Å²) in [6, 6.07) is 5.13. The minimum absolute atomic E-state index is 0.0682. The number of rotatable bonds is 4. The third-order valence-electron chi connectivity index (χ3n) is 4.82. The van der Waals surface area contributed by atoms with Crippen LogP contribution in [0.5, 0.6) is 11.5 Å². The molecule has 0 spiro atoms. The maximum Gasteiger partial charge on any atom is 0.233 e. The third kappa shape index (κ3) is 2.86. The highest BCUT2D eigenvalue weighted by Crippen LogP contribution is 2.35. The topological polar surface area (TPSA) is 84.9 Å². The van der Waals surface area contributed by atoms with Gasteiger partial charge in [-0.3, -0.25) is 19.3 Å². The van der Waals surface area contributed by atoms with E-state index in [0.717, 1.165) is 0 Å². The summed E-state index contributed by atoms with van der Waals surface area (Å²) in [7, 11) is 0. The highest BCUT2D eigenvalue weighted by Gasteiger charge is 2.46.